The van der Waals surface area contributed by atoms with E-state index in [9.17, 15) is 5.11 Å². The lowest BCUT2D eigenvalue weighted by molar-refractivity contribution is 0.225. The average molecular weight is 298 g/mol. The molecular weight excluding hydrogens is 280 g/mol. The van der Waals surface area contributed by atoms with Crippen LogP contribution in [0, 0.1) is 6.92 Å². The van der Waals surface area contributed by atoms with E-state index in [1.54, 1.807) is 18.6 Å². The van der Waals surface area contributed by atoms with Crippen molar-refractivity contribution in [3.63, 3.8) is 0 Å². The molecule has 2 aromatic heterocycles. The Labute approximate surface area is 128 Å². The first-order valence-electron chi connectivity index (χ1n) is 7.15. The van der Waals surface area contributed by atoms with Crippen molar-refractivity contribution >= 4 is 0 Å². The Kier molecular flexibility index (Phi) is 4.37. The third-order valence-electron chi connectivity index (χ3n) is 3.45. The lowest BCUT2D eigenvalue weighted by atomic mass is 10.1. The average Bonchev–Trinajstić information content (AvgIpc) is 3.20. The van der Waals surface area contributed by atoms with Crippen LogP contribution in [0.25, 0.3) is 11.5 Å². The van der Waals surface area contributed by atoms with Crippen LogP contribution in [0.2, 0.25) is 0 Å². The third kappa shape index (κ3) is 3.27. The van der Waals surface area contributed by atoms with Crippen molar-refractivity contribution in [2.75, 3.05) is 6.61 Å². The molecule has 0 aliphatic carbocycles. The maximum atomic E-state index is 9.42. The predicted molar refractivity (Wildman–Crippen MR) is 82.1 cm³/mol. The van der Waals surface area contributed by atoms with Crippen molar-refractivity contribution in [1.82, 2.24) is 10.3 Å². The van der Waals surface area contributed by atoms with Crippen LogP contribution >= 0.6 is 0 Å². The van der Waals surface area contributed by atoms with Gasteiger partial charge in [0.1, 0.15) is 12.0 Å². The molecule has 0 radical (unpaired) electrons. The zero-order chi connectivity index (χ0) is 15.4. The fourth-order valence-electron chi connectivity index (χ4n) is 2.19. The minimum absolute atomic E-state index is 0.0455. The van der Waals surface area contributed by atoms with Crippen LogP contribution in [-0.2, 0) is 6.54 Å². The van der Waals surface area contributed by atoms with Crippen LogP contribution in [0.15, 0.2) is 57.8 Å². The van der Waals surface area contributed by atoms with Crippen LogP contribution < -0.4 is 5.32 Å². The highest BCUT2D eigenvalue weighted by Crippen LogP contribution is 2.20. The topological polar surface area (TPSA) is 71.4 Å². The standard InChI is InChI=1S/C17H18N2O3/c1-12-4-6-13(7-5-12)17-19-14(11-22-17)9-18-15(10-20)16-3-2-8-21-16/h2-8,11,15,18,20H,9-10H2,1H3. The number of nitrogens with zero attached hydrogens (tertiary/aromatic N) is 1. The van der Waals surface area contributed by atoms with Crippen molar-refractivity contribution in [2.24, 2.45) is 0 Å². The molecule has 5 heteroatoms. The van der Waals surface area contributed by atoms with Gasteiger partial charge >= 0.3 is 0 Å². The molecule has 3 rings (SSSR count). The van der Waals surface area contributed by atoms with Gasteiger partial charge in [0.2, 0.25) is 5.89 Å². The second kappa shape index (κ2) is 6.60. The summed E-state index contributed by atoms with van der Waals surface area (Å²) in [5.74, 6) is 1.29. The van der Waals surface area contributed by atoms with Gasteiger partial charge in [0.05, 0.1) is 24.6 Å². The van der Waals surface area contributed by atoms with Crippen LogP contribution in [-0.4, -0.2) is 16.7 Å². The SMILES string of the molecule is Cc1ccc(-c2nc(CNC(CO)c3ccco3)co2)cc1. The number of aliphatic hydroxyl groups excluding tert-OH is 1. The number of nitrogens with one attached hydrogen (secondary N) is 1. The third-order valence-corrected chi connectivity index (χ3v) is 3.45. The summed E-state index contributed by atoms with van der Waals surface area (Å²) >= 11 is 0. The van der Waals surface area contributed by atoms with E-state index in [0.717, 1.165) is 11.3 Å². The highest BCUT2D eigenvalue weighted by Gasteiger charge is 2.14. The van der Waals surface area contributed by atoms with Crippen LogP contribution in [0.4, 0.5) is 0 Å². The summed E-state index contributed by atoms with van der Waals surface area (Å²) in [4.78, 5) is 4.46. The fourth-order valence-corrected chi connectivity index (χ4v) is 2.19. The molecular formula is C17H18N2O3. The van der Waals surface area contributed by atoms with Gasteiger partial charge in [-0.3, -0.25) is 5.32 Å². The summed E-state index contributed by atoms with van der Waals surface area (Å²) in [5.41, 5.74) is 2.92. The quantitative estimate of drug-likeness (QED) is 0.732. The summed E-state index contributed by atoms with van der Waals surface area (Å²) in [7, 11) is 0. The molecule has 1 unspecified atom stereocenters. The van der Waals surface area contributed by atoms with Crippen molar-refractivity contribution in [2.45, 2.75) is 19.5 Å². The molecule has 0 spiro atoms. The van der Waals surface area contributed by atoms with Crippen molar-refractivity contribution in [1.29, 1.82) is 0 Å². The van der Waals surface area contributed by atoms with Gasteiger partial charge in [0.25, 0.3) is 0 Å². The van der Waals surface area contributed by atoms with Crippen LogP contribution in [0.3, 0.4) is 0 Å². The van der Waals surface area contributed by atoms with E-state index in [-0.39, 0.29) is 12.6 Å². The fraction of sp³-hybridized carbons (Fsp3) is 0.235. The van der Waals surface area contributed by atoms with Crippen LogP contribution in [0.5, 0.6) is 0 Å². The Bertz CT molecular complexity index is 702. The molecule has 0 aliphatic rings. The monoisotopic (exact) mass is 298 g/mol. The zero-order valence-corrected chi connectivity index (χ0v) is 12.3. The number of rotatable bonds is 6. The van der Waals surface area contributed by atoms with Gasteiger partial charge in [-0.2, -0.15) is 0 Å². The van der Waals surface area contributed by atoms with E-state index < -0.39 is 0 Å². The van der Waals surface area contributed by atoms with E-state index in [1.807, 2.05) is 37.3 Å². The molecule has 2 heterocycles. The zero-order valence-electron chi connectivity index (χ0n) is 12.3. The lowest BCUT2D eigenvalue weighted by Crippen LogP contribution is -2.23. The van der Waals surface area contributed by atoms with Gasteiger partial charge in [-0.25, -0.2) is 4.98 Å². The van der Waals surface area contributed by atoms with Gasteiger partial charge in [0, 0.05) is 12.1 Å². The van der Waals surface area contributed by atoms with Gasteiger partial charge in [-0.15, -0.1) is 0 Å². The Morgan fingerprint density at radius 1 is 1.18 bits per heavy atom. The van der Waals surface area contributed by atoms with Gasteiger partial charge in [-0.1, -0.05) is 17.7 Å². The Hall–Kier alpha value is -2.37. The molecule has 1 atom stereocenters. The molecule has 114 valence electrons. The van der Waals surface area contributed by atoms with E-state index in [0.29, 0.717) is 18.2 Å². The Balaban J connectivity index is 1.65. The summed E-state index contributed by atoms with van der Waals surface area (Å²) in [5, 5.41) is 12.6. The number of oxazole rings is 1. The van der Waals surface area contributed by atoms with Crippen molar-refractivity contribution in [3.8, 4) is 11.5 Å². The first kappa shape index (κ1) is 14.6. The molecule has 0 amide bonds. The number of benzene rings is 1. The number of hydrogen-bond donors (Lipinski definition) is 2. The van der Waals surface area contributed by atoms with Gasteiger partial charge in [-0.05, 0) is 31.2 Å². The van der Waals surface area contributed by atoms with Crippen molar-refractivity contribution in [3.05, 3.63) is 65.9 Å². The predicted octanol–water partition coefficient (Wildman–Crippen LogP) is 3.07. The molecule has 22 heavy (non-hydrogen) atoms. The summed E-state index contributed by atoms with van der Waals surface area (Å²) in [6, 6.07) is 11.4. The normalized spacial score (nSPS) is 12.5. The number of hydrogen-bond acceptors (Lipinski definition) is 5. The van der Waals surface area contributed by atoms with Crippen molar-refractivity contribution < 1.29 is 13.9 Å². The largest absolute Gasteiger partial charge is 0.468 e. The number of aliphatic hydroxyl groups is 1. The van der Waals surface area contributed by atoms with Crippen LogP contribution in [0.1, 0.15) is 23.1 Å². The number of aryl methyl sites for hydroxylation is 1. The van der Waals surface area contributed by atoms with E-state index >= 15 is 0 Å². The summed E-state index contributed by atoms with van der Waals surface area (Å²) in [6.45, 7) is 2.48. The minimum Gasteiger partial charge on any atom is -0.468 e. The summed E-state index contributed by atoms with van der Waals surface area (Å²) < 4.78 is 10.8. The Morgan fingerprint density at radius 2 is 2.00 bits per heavy atom. The van der Waals surface area contributed by atoms with E-state index in [2.05, 4.69) is 10.3 Å². The second-order valence-corrected chi connectivity index (χ2v) is 5.14. The molecule has 3 aromatic rings. The first-order valence-corrected chi connectivity index (χ1v) is 7.15. The van der Waals surface area contributed by atoms with Gasteiger partial charge < -0.3 is 13.9 Å². The Morgan fingerprint density at radius 3 is 2.68 bits per heavy atom. The molecule has 0 saturated heterocycles. The van der Waals surface area contributed by atoms with E-state index in [1.165, 1.54) is 5.56 Å². The molecule has 2 N–H and O–H groups in total. The second-order valence-electron chi connectivity index (χ2n) is 5.14. The molecule has 5 nitrogen and oxygen atoms in total. The molecule has 0 saturated carbocycles. The highest BCUT2D eigenvalue weighted by atomic mass is 16.3. The molecule has 1 aromatic carbocycles. The molecule has 0 bridgehead atoms. The lowest BCUT2D eigenvalue weighted by Gasteiger charge is -2.12. The molecule has 0 fully saturated rings. The maximum Gasteiger partial charge on any atom is 0.226 e. The number of aromatic nitrogens is 1. The first-order chi connectivity index (χ1) is 10.8. The number of furan rings is 1. The maximum absolute atomic E-state index is 9.42. The summed E-state index contributed by atoms with van der Waals surface area (Å²) in [6.07, 6.45) is 3.21. The highest BCUT2D eigenvalue weighted by molar-refractivity contribution is 5.53. The minimum atomic E-state index is -0.255. The van der Waals surface area contributed by atoms with Gasteiger partial charge in [0.15, 0.2) is 0 Å². The smallest absolute Gasteiger partial charge is 0.226 e. The molecule has 0 aliphatic heterocycles. The van der Waals surface area contributed by atoms with E-state index in [4.69, 9.17) is 8.83 Å².